The number of nitrogens with zero attached hydrogens (tertiary/aromatic N) is 1. The molecule has 0 saturated carbocycles. The molecule has 0 unspecified atom stereocenters. The van der Waals surface area contributed by atoms with Crippen LogP contribution in [0.4, 0.5) is 0 Å². The molecule has 11 heteroatoms. The Morgan fingerprint density at radius 3 is 2.36 bits per heavy atom. The minimum Gasteiger partial charge on any atom is -0.462 e. The number of allylic oxidation sites excluding steroid dienone is 1. The lowest BCUT2D eigenvalue weighted by molar-refractivity contribution is -0.304. The maximum atomic E-state index is 13.2. The van der Waals surface area contributed by atoms with Gasteiger partial charge in [0.2, 0.25) is 0 Å². The second kappa shape index (κ2) is 14.4. The van der Waals surface area contributed by atoms with Crippen LogP contribution in [-0.2, 0) is 33.3 Å². The predicted octanol–water partition coefficient (Wildman–Crippen LogP) is 1.64. The highest BCUT2D eigenvalue weighted by molar-refractivity contribution is 5.91. The third-order valence-corrected chi connectivity index (χ3v) is 9.42. The standard InChI is InChI=1S/C31H51NO10/c1-9-23-18(4)29-31(6,42-29)12-10-21(34)16(2)14-20(11-13-33)28(17(3)22(35)15-24(36)40-23)41-30-27(38)25(32(7)8)26(37)19(5)39-30/h10,12-13,16-20,22-23,25-30,35,37-38H,9,11,14-15H2,1-8H3/b12-10+/t16-,17-,18+,19+,20-,22-,23-,25+,26-,27-,28-,29-,30-,31+/m1/s1. The van der Waals surface area contributed by atoms with Gasteiger partial charge in [0.25, 0.3) is 0 Å². The molecule has 2 fully saturated rings. The van der Waals surface area contributed by atoms with Crippen LogP contribution in [0.5, 0.6) is 0 Å². The first-order chi connectivity index (χ1) is 19.6. The number of fused-ring (bicyclic) bond motifs is 1. The summed E-state index contributed by atoms with van der Waals surface area (Å²) in [5.41, 5.74) is -0.660. The molecule has 0 amide bonds. The number of ether oxygens (including phenoxy) is 4. The summed E-state index contributed by atoms with van der Waals surface area (Å²) in [5.74, 6) is -2.59. The minimum absolute atomic E-state index is 0.0178. The molecule has 0 bridgehead atoms. The molecule has 11 nitrogen and oxygen atoms in total. The van der Waals surface area contributed by atoms with Crippen molar-refractivity contribution in [3.63, 3.8) is 0 Å². The van der Waals surface area contributed by atoms with E-state index in [1.165, 1.54) is 6.08 Å². The summed E-state index contributed by atoms with van der Waals surface area (Å²) >= 11 is 0. The SMILES string of the molecule is CC[C@H]1OC(=O)C[C@@H](O)[C@@H](C)[C@@H](O[C@H]2O[C@@H](C)[C@@H](O)[C@H](N(C)C)[C@H]2O)[C@H](CC=O)C[C@@H](C)C(=O)/C=C/[C@]2(C)O[C@@H]2[C@H]1C. The van der Waals surface area contributed by atoms with Crippen molar-refractivity contribution in [2.75, 3.05) is 14.1 Å². The molecule has 14 atom stereocenters. The molecular weight excluding hydrogens is 546 g/mol. The summed E-state index contributed by atoms with van der Waals surface area (Å²) in [6.07, 6.45) is -2.34. The van der Waals surface area contributed by atoms with Crippen LogP contribution in [0, 0.1) is 23.7 Å². The number of carbonyl (C=O) groups is 3. The van der Waals surface area contributed by atoms with Crippen molar-refractivity contribution < 1.29 is 48.7 Å². The number of aldehydes is 1. The Hall–Kier alpha value is -1.73. The first-order valence-corrected chi connectivity index (χ1v) is 15.2. The van der Waals surface area contributed by atoms with Gasteiger partial charge in [-0.15, -0.1) is 0 Å². The molecule has 0 aromatic carbocycles. The first-order valence-electron chi connectivity index (χ1n) is 15.2. The third kappa shape index (κ3) is 7.85. The van der Waals surface area contributed by atoms with E-state index in [0.717, 1.165) is 6.29 Å². The number of epoxide rings is 1. The van der Waals surface area contributed by atoms with Crippen molar-refractivity contribution in [3.8, 4) is 0 Å². The lowest BCUT2D eigenvalue weighted by atomic mass is 9.79. The van der Waals surface area contributed by atoms with Crippen molar-refractivity contribution in [2.45, 2.75) is 128 Å². The number of hydrogen-bond acceptors (Lipinski definition) is 11. The van der Waals surface area contributed by atoms with Crippen LogP contribution in [-0.4, -0.2) is 113 Å². The number of aliphatic hydroxyl groups is 3. The van der Waals surface area contributed by atoms with Gasteiger partial charge in [-0.2, -0.15) is 0 Å². The highest BCUT2D eigenvalue weighted by Gasteiger charge is 2.55. The smallest absolute Gasteiger partial charge is 0.308 e. The number of hydrogen-bond donors (Lipinski definition) is 3. The van der Waals surface area contributed by atoms with Crippen LogP contribution in [0.2, 0.25) is 0 Å². The fraction of sp³-hybridized carbons (Fsp3) is 0.839. The van der Waals surface area contributed by atoms with Gasteiger partial charge in [0.15, 0.2) is 12.1 Å². The molecule has 0 radical (unpaired) electrons. The molecule has 42 heavy (non-hydrogen) atoms. The first kappa shape index (κ1) is 34.8. The number of likely N-dealkylation sites (N-methyl/N-ethyl adjacent to an activating group) is 1. The van der Waals surface area contributed by atoms with Gasteiger partial charge in [0.05, 0.1) is 43.0 Å². The zero-order valence-electron chi connectivity index (χ0n) is 26.2. The number of rotatable bonds is 6. The zero-order chi connectivity index (χ0) is 31.5. The fourth-order valence-electron chi connectivity index (χ4n) is 6.58. The normalized spacial score (nSPS) is 46.5. The Morgan fingerprint density at radius 1 is 1.10 bits per heavy atom. The van der Waals surface area contributed by atoms with E-state index in [9.17, 15) is 29.7 Å². The van der Waals surface area contributed by atoms with Gasteiger partial charge in [-0.25, -0.2) is 0 Å². The molecule has 3 N–H and O–H groups in total. The average molecular weight is 598 g/mol. The number of ketones is 1. The second-order valence-electron chi connectivity index (χ2n) is 12.9. The highest BCUT2D eigenvalue weighted by Crippen LogP contribution is 2.45. The topological polar surface area (TPSA) is 155 Å². The van der Waals surface area contributed by atoms with Crippen molar-refractivity contribution in [1.29, 1.82) is 0 Å². The third-order valence-electron chi connectivity index (χ3n) is 9.42. The lowest BCUT2D eigenvalue weighted by Gasteiger charge is -2.46. The molecule has 240 valence electrons. The van der Waals surface area contributed by atoms with Crippen molar-refractivity contribution in [2.24, 2.45) is 23.7 Å². The van der Waals surface area contributed by atoms with E-state index in [1.807, 2.05) is 20.8 Å². The monoisotopic (exact) mass is 597 g/mol. The van der Waals surface area contributed by atoms with E-state index in [2.05, 4.69) is 0 Å². The molecule has 0 aliphatic carbocycles. The Morgan fingerprint density at radius 2 is 1.76 bits per heavy atom. The van der Waals surface area contributed by atoms with Gasteiger partial charge in [-0.1, -0.05) is 27.7 Å². The van der Waals surface area contributed by atoms with Gasteiger partial charge in [-0.05, 0) is 58.9 Å². The fourth-order valence-corrected chi connectivity index (χ4v) is 6.58. The van der Waals surface area contributed by atoms with Crippen molar-refractivity contribution in [1.82, 2.24) is 4.90 Å². The minimum atomic E-state index is -1.25. The number of carbonyl (C=O) groups excluding carboxylic acids is 3. The van der Waals surface area contributed by atoms with Gasteiger partial charge < -0.3 is 44.0 Å². The number of aliphatic hydroxyl groups excluding tert-OH is 3. The maximum Gasteiger partial charge on any atom is 0.308 e. The Labute approximate surface area is 249 Å². The summed E-state index contributed by atoms with van der Waals surface area (Å²) < 4.78 is 24.0. The van der Waals surface area contributed by atoms with Gasteiger partial charge in [-0.3, -0.25) is 9.59 Å². The second-order valence-corrected chi connectivity index (χ2v) is 12.9. The predicted molar refractivity (Wildman–Crippen MR) is 153 cm³/mol. The van der Waals surface area contributed by atoms with Gasteiger partial charge in [0, 0.05) is 24.2 Å². The quantitative estimate of drug-likeness (QED) is 0.232. The van der Waals surface area contributed by atoms with Crippen LogP contribution < -0.4 is 0 Å². The van der Waals surface area contributed by atoms with Crippen LogP contribution >= 0.6 is 0 Å². The highest BCUT2D eigenvalue weighted by atomic mass is 16.7. The van der Waals surface area contributed by atoms with E-state index in [1.54, 1.807) is 45.8 Å². The van der Waals surface area contributed by atoms with E-state index >= 15 is 0 Å². The summed E-state index contributed by atoms with van der Waals surface area (Å²) in [5, 5.41) is 33.1. The van der Waals surface area contributed by atoms with Gasteiger partial charge in [0.1, 0.15) is 24.1 Å². The van der Waals surface area contributed by atoms with E-state index < -0.39 is 78.3 Å². The Bertz CT molecular complexity index is 973. The molecule has 0 aromatic rings. The van der Waals surface area contributed by atoms with Crippen LogP contribution in [0.3, 0.4) is 0 Å². The Kier molecular flexibility index (Phi) is 11.9. The van der Waals surface area contributed by atoms with Gasteiger partial charge >= 0.3 is 5.97 Å². The summed E-state index contributed by atoms with van der Waals surface area (Å²) in [6, 6.07) is -0.696. The number of cyclic esters (lactones) is 1. The summed E-state index contributed by atoms with van der Waals surface area (Å²) in [4.78, 5) is 39.8. The molecule has 0 spiro atoms. The molecule has 2 saturated heterocycles. The molecule has 3 heterocycles. The number of esters is 1. The van der Waals surface area contributed by atoms with Crippen LogP contribution in [0.25, 0.3) is 0 Å². The molecule has 0 aromatic heterocycles. The van der Waals surface area contributed by atoms with Crippen LogP contribution in [0.1, 0.15) is 67.2 Å². The summed E-state index contributed by atoms with van der Waals surface area (Å²) in [6.45, 7) is 10.9. The van der Waals surface area contributed by atoms with Crippen molar-refractivity contribution in [3.05, 3.63) is 12.2 Å². The van der Waals surface area contributed by atoms with E-state index in [4.69, 9.17) is 18.9 Å². The van der Waals surface area contributed by atoms with Crippen molar-refractivity contribution >= 4 is 18.0 Å². The maximum absolute atomic E-state index is 13.2. The summed E-state index contributed by atoms with van der Waals surface area (Å²) in [7, 11) is 3.46. The lowest BCUT2D eigenvalue weighted by Crippen LogP contribution is -2.63. The zero-order valence-corrected chi connectivity index (χ0v) is 26.2. The molecule has 3 aliphatic rings. The van der Waals surface area contributed by atoms with Crippen LogP contribution in [0.15, 0.2) is 12.2 Å². The average Bonchev–Trinajstić information content (AvgIpc) is 3.61. The van der Waals surface area contributed by atoms with E-state index in [0.29, 0.717) is 6.42 Å². The Balaban J connectivity index is 1.97. The molecule has 3 rings (SSSR count). The largest absolute Gasteiger partial charge is 0.462 e. The molecule has 3 aliphatic heterocycles. The van der Waals surface area contributed by atoms with E-state index in [-0.39, 0.29) is 37.1 Å². The molecular formula is C31H51NO10.